The van der Waals surface area contributed by atoms with Gasteiger partial charge in [-0.15, -0.1) is 0 Å². The van der Waals surface area contributed by atoms with Crippen LogP contribution in [-0.4, -0.2) is 25.7 Å². The SMILES string of the molecule is C=C(C)c1cc(OC)ccc1C(=O)OC.O. The molecule has 0 aliphatic heterocycles. The fraction of sp³-hybridized carbons (Fsp3) is 0.250. The number of hydrogen-bond donors (Lipinski definition) is 0. The van der Waals surface area contributed by atoms with Crippen molar-refractivity contribution in [2.75, 3.05) is 14.2 Å². The van der Waals surface area contributed by atoms with Crippen molar-refractivity contribution < 1.29 is 19.7 Å². The maximum absolute atomic E-state index is 11.4. The van der Waals surface area contributed by atoms with Gasteiger partial charge in [-0.25, -0.2) is 4.79 Å². The largest absolute Gasteiger partial charge is 0.497 e. The molecule has 16 heavy (non-hydrogen) atoms. The molecule has 0 amide bonds. The number of allylic oxidation sites excluding steroid dienone is 1. The second-order valence-corrected chi connectivity index (χ2v) is 3.18. The molecule has 0 fully saturated rings. The predicted octanol–water partition coefficient (Wildman–Crippen LogP) is 1.69. The minimum Gasteiger partial charge on any atom is -0.497 e. The predicted molar refractivity (Wildman–Crippen MR) is 62.7 cm³/mol. The molecule has 0 heterocycles. The van der Waals surface area contributed by atoms with Gasteiger partial charge in [0.25, 0.3) is 0 Å². The molecule has 0 aliphatic carbocycles. The maximum atomic E-state index is 11.4. The Morgan fingerprint density at radius 2 is 1.88 bits per heavy atom. The van der Waals surface area contributed by atoms with Crippen molar-refractivity contribution >= 4 is 11.5 Å². The summed E-state index contributed by atoms with van der Waals surface area (Å²) in [5.74, 6) is 0.330. The van der Waals surface area contributed by atoms with E-state index < -0.39 is 0 Å². The van der Waals surface area contributed by atoms with Gasteiger partial charge < -0.3 is 14.9 Å². The van der Waals surface area contributed by atoms with Crippen LogP contribution in [0.15, 0.2) is 24.8 Å². The summed E-state index contributed by atoms with van der Waals surface area (Å²) in [7, 11) is 2.93. The van der Waals surface area contributed by atoms with Crippen molar-refractivity contribution in [1.29, 1.82) is 0 Å². The minimum absolute atomic E-state index is 0. The molecule has 88 valence electrons. The Bertz CT molecular complexity index is 396. The Balaban J connectivity index is 0.00000225. The van der Waals surface area contributed by atoms with Crippen LogP contribution >= 0.6 is 0 Å². The van der Waals surface area contributed by atoms with E-state index in [0.29, 0.717) is 11.3 Å². The van der Waals surface area contributed by atoms with E-state index in [2.05, 4.69) is 11.3 Å². The van der Waals surface area contributed by atoms with Crippen LogP contribution in [0.3, 0.4) is 0 Å². The Kier molecular flexibility index (Phi) is 5.25. The third-order valence-electron chi connectivity index (χ3n) is 2.09. The first-order chi connectivity index (χ1) is 7.10. The topological polar surface area (TPSA) is 67.0 Å². The number of rotatable bonds is 3. The first-order valence-corrected chi connectivity index (χ1v) is 4.52. The summed E-state index contributed by atoms with van der Waals surface area (Å²) in [4.78, 5) is 11.4. The van der Waals surface area contributed by atoms with E-state index in [1.54, 1.807) is 25.3 Å². The van der Waals surface area contributed by atoms with E-state index >= 15 is 0 Å². The summed E-state index contributed by atoms with van der Waals surface area (Å²) in [5.41, 5.74) is 2.06. The Hall–Kier alpha value is -1.81. The summed E-state index contributed by atoms with van der Waals surface area (Å²) in [6.45, 7) is 5.65. The first-order valence-electron chi connectivity index (χ1n) is 4.52. The minimum atomic E-state index is -0.365. The highest BCUT2D eigenvalue weighted by atomic mass is 16.5. The molecule has 2 N–H and O–H groups in total. The Morgan fingerprint density at radius 1 is 1.25 bits per heavy atom. The van der Waals surface area contributed by atoms with E-state index in [0.717, 1.165) is 11.1 Å². The number of carbonyl (C=O) groups is 1. The molecule has 0 unspecified atom stereocenters. The molecule has 0 atom stereocenters. The van der Waals surface area contributed by atoms with Crippen LogP contribution in [0.4, 0.5) is 0 Å². The zero-order valence-electron chi connectivity index (χ0n) is 9.66. The Morgan fingerprint density at radius 3 is 2.31 bits per heavy atom. The van der Waals surface area contributed by atoms with Gasteiger partial charge in [-0.3, -0.25) is 0 Å². The number of esters is 1. The first kappa shape index (κ1) is 14.2. The Labute approximate surface area is 94.8 Å². The smallest absolute Gasteiger partial charge is 0.338 e. The molecule has 0 radical (unpaired) electrons. The van der Waals surface area contributed by atoms with Crippen molar-refractivity contribution in [2.24, 2.45) is 0 Å². The quantitative estimate of drug-likeness (QED) is 0.734. The molecule has 0 spiro atoms. The van der Waals surface area contributed by atoms with Crippen LogP contribution in [0.25, 0.3) is 5.57 Å². The lowest BCUT2D eigenvalue weighted by molar-refractivity contribution is 0.0600. The van der Waals surface area contributed by atoms with Crippen LogP contribution in [0.2, 0.25) is 0 Å². The number of carbonyl (C=O) groups excluding carboxylic acids is 1. The highest BCUT2D eigenvalue weighted by Crippen LogP contribution is 2.23. The van der Waals surface area contributed by atoms with Crippen LogP contribution in [-0.2, 0) is 4.74 Å². The highest BCUT2D eigenvalue weighted by molar-refractivity contribution is 5.95. The van der Waals surface area contributed by atoms with Gasteiger partial charge in [-0.05, 0) is 30.7 Å². The van der Waals surface area contributed by atoms with Gasteiger partial charge in [-0.1, -0.05) is 12.2 Å². The zero-order chi connectivity index (χ0) is 11.4. The third kappa shape index (κ3) is 2.84. The number of hydrogen-bond acceptors (Lipinski definition) is 3. The van der Waals surface area contributed by atoms with E-state index in [1.807, 2.05) is 6.92 Å². The molecular formula is C12H16O4. The summed E-state index contributed by atoms with van der Waals surface area (Å²) in [5, 5.41) is 0. The van der Waals surface area contributed by atoms with Gasteiger partial charge in [-0.2, -0.15) is 0 Å². The average molecular weight is 224 g/mol. The zero-order valence-corrected chi connectivity index (χ0v) is 9.66. The van der Waals surface area contributed by atoms with Crippen molar-refractivity contribution in [3.63, 3.8) is 0 Å². The molecule has 4 nitrogen and oxygen atoms in total. The van der Waals surface area contributed by atoms with E-state index in [1.165, 1.54) is 7.11 Å². The molecule has 0 saturated carbocycles. The average Bonchev–Trinajstić information content (AvgIpc) is 2.27. The van der Waals surface area contributed by atoms with Gasteiger partial charge in [0.05, 0.1) is 19.8 Å². The summed E-state index contributed by atoms with van der Waals surface area (Å²) >= 11 is 0. The molecule has 0 aliphatic rings. The van der Waals surface area contributed by atoms with Crippen LogP contribution < -0.4 is 4.74 Å². The summed E-state index contributed by atoms with van der Waals surface area (Å²) < 4.78 is 9.76. The molecule has 1 aromatic rings. The number of methoxy groups -OCH3 is 2. The van der Waals surface area contributed by atoms with Crippen molar-refractivity contribution in [3.8, 4) is 5.75 Å². The number of benzene rings is 1. The van der Waals surface area contributed by atoms with Crippen molar-refractivity contribution in [3.05, 3.63) is 35.9 Å². The normalized spacial score (nSPS) is 8.94. The molecule has 1 rings (SSSR count). The maximum Gasteiger partial charge on any atom is 0.338 e. The van der Waals surface area contributed by atoms with Gasteiger partial charge >= 0.3 is 5.97 Å². The van der Waals surface area contributed by atoms with E-state index in [4.69, 9.17) is 4.74 Å². The van der Waals surface area contributed by atoms with Crippen LogP contribution in [0.5, 0.6) is 5.75 Å². The molecular weight excluding hydrogens is 208 g/mol. The van der Waals surface area contributed by atoms with Gasteiger partial charge in [0.2, 0.25) is 0 Å². The third-order valence-corrected chi connectivity index (χ3v) is 2.09. The second kappa shape index (κ2) is 5.92. The monoisotopic (exact) mass is 224 g/mol. The standard InChI is InChI=1S/C12H14O3.H2O/c1-8(2)11-7-9(14-3)5-6-10(11)12(13)15-4;/h5-7H,1H2,2-4H3;1H2. The fourth-order valence-corrected chi connectivity index (χ4v) is 1.29. The molecule has 4 heteroatoms. The lowest BCUT2D eigenvalue weighted by Crippen LogP contribution is -2.04. The molecule has 0 bridgehead atoms. The van der Waals surface area contributed by atoms with Crippen LogP contribution in [0, 0.1) is 0 Å². The second-order valence-electron chi connectivity index (χ2n) is 3.18. The molecule has 0 aromatic heterocycles. The van der Waals surface area contributed by atoms with E-state index in [-0.39, 0.29) is 11.4 Å². The van der Waals surface area contributed by atoms with Gasteiger partial charge in [0.15, 0.2) is 0 Å². The molecule has 0 saturated heterocycles. The highest BCUT2D eigenvalue weighted by Gasteiger charge is 2.12. The van der Waals surface area contributed by atoms with Crippen molar-refractivity contribution in [1.82, 2.24) is 0 Å². The van der Waals surface area contributed by atoms with Crippen LogP contribution in [0.1, 0.15) is 22.8 Å². The summed E-state index contributed by atoms with van der Waals surface area (Å²) in [6.07, 6.45) is 0. The van der Waals surface area contributed by atoms with Gasteiger partial charge in [0, 0.05) is 0 Å². The lowest BCUT2D eigenvalue weighted by Gasteiger charge is -2.09. The van der Waals surface area contributed by atoms with Gasteiger partial charge in [0.1, 0.15) is 5.75 Å². The molecule has 1 aromatic carbocycles. The lowest BCUT2D eigenvalue weighted by atomic mass is 10.0. The summed E-state index contributed by atoms with van der Waals surface area (Å²) in [6, 6.07) is 5.17. The number of ether oxygens (including phenoxy) is 2. The van der Waals surface area contributed by atoms with E-state index in [9.17, 15) is 4.79 Å². The van der Waals surface area contributed by atoms with Crippen molar-refractivity contribution in [2.45, 2.75) is 6.92 Å². The fourth-order valence-electron chi connectivity index (χ4n) is 1.29.